The summed E-state index contributed by atoms with van der Waals surface area (Å²) in [5.74, 6) is 0.461. The molecule has 0 saturated heterocycles. The molecule has 0 amide bonds. The van der Waals surface area contributed by atoms with Crippen LogP contribution in [0, 0.1) is 5.92 Å². The van der Waals surface area contributed by atoms with E-state index in [9.17, 15) is 0 Å². The van der Waals surface area contributed by atoms with Crippen molar-refractivity contribution in [3.63, 3.8) is 0 Å². The first-order chi connectivity index (χ1) is 32.0. The fraction of sp³-hybridized carbons (Fsp3) is 0.0769. The van der Waals surface area contributed by atoms with Gasteiger partial charge in [-0.2, -0.15) is 0 Å². The smallest absolute Gasteiger partial charge is 0.0472 e. The molecule has 0 heteroatoms. The van der Waals surface area contributed by atoms with E-state index < -0.39 is 0 Å². The lowest BCUT2D eigenvalue weighted by atomic mass is 9.66. The lowest BCUT2D eigenvalue weighted by Gasteiger charge is -2.36. The van der Waals surface area contributed by atoms with Gasteiger partial charge in [-0.1, -0.05) is 226 Å². The van der Waals surface area contributed by atoms with Crippen LogP contribution >= 0.6 is 0 Å². The normalized spacial score (nSPS) is 14.3. The fourth-order valence-electron chi connectivity index (χ4n) is 11.3. The van der Waals surface area contributed by atoms with Gasteiger partial charge in [-0.15, -0.1) is 0 Å². The van der Waals surface area contributed by atoms with Crippen molar-refractivity contribution in [1.82, 2.24) is 0 Å². The Morgan fingerprint density at radius 2 is 0.708 bits per heavy atom. The SMILES string of the molecule is CC(C)CC1(c2cccc3ccccc23)c2ccccc2-c2ccc(-c3c4ccccc4c(-c4ccc(-c5cc(-c6ccccc6)cc(-c6ccccc6)c5)cc4)c4ccccc34)cc21. The largest absolute Gasteiger partial charge is 0.0627 e. The molecule has 0 nitrogen and oxygen atoms in total. The molecule has 1 aliphatic rings. The van der Waals surface area contributed by atoms with E-state index in [1.165, 1.54) is 116 Å². The molecule has 0 bridgehead atoms. The Morgan fingerprint density at radius 1 is 0.292 bits per heavy atom. The molecule has 65 heavy (non-hydrogen) atoms. The summed E-state index contributed by atoms with van der Waals surface area (Å²) in [6, 6.07) is 88.3. The highest BCUT2D eigenvalue weighted by Gasteiger charge is 2.45. The highest BCUT2D eigenvalue weighted by atomic mass is 14.5. The van der Waals surface area contributed by atoms with E-state index in [2.05, 4.69) is 250 Å². The van der Waals surface area contributed by atoms with Gasteiger partial charge in [0.05, 0.1) is 0 Å². The maximum Gasteiger partial charge on any atom is 0.0472 e. The van der Waals surface area contributed by atoms with Gasteiger partial charge in [0.2, 0.25) is 0 Å². The third-order valence-electron chi connectivity index (χ3n) is 14.0. The molecule has 1 atom stereocenters. The average Bonchev–Trinajstić information content (AvgIpc) is 3.64. The van der Waals surface area contributed by atoms with Crippen LogP contribution in [0.4, 0.5) is 0 Å². The van der Waals surface area contributed by atoms with Gasteiger partial charge >= 0.3 is 0 Å². The summed E-state index contributed by atoms with van der Waals surface area (Å²) < 4.78 is 0. The van der Waals surface area contributed by atoms with Crippen LogP contribution in [0.5, 0.6) is 0 Å². The molecule has 0 radical (unpaired) electrons. The predicted octanol–water partition coefficient (Wildman–Crippen LogP) is 17.8. The van der Waals surface area contributed by atoms with Gasteiger partial charge in [-0.25, -0.2) is 0 Å². The summed E-state index contributed by atoms with van der Waals surface area (Å²) in [7, 11) is 0. The zero-order chi connectivity index (χ0) is 43.5. The number of benzene rings is 11. The first kappa shape index (κ1) is 38.8. The van der Waals surface area contributed by atoms with E-state index in [1.54, 1.807) is 0 Å². The summed E-state index contributed by atoms with van der Waals surface area (Å²) in [6.07, 6.45) is 1.01. The van der Waals surface area contributed by atoms with Crippen LogP contribution in [0.15, 0.2) is 237 Å². The molecule has 12 rings (SSSR count). The van der Waals surface area contributed by atoms with Crippen molar-refractivity contribution in [2.45, 2.75) is 25.7 Å². The Bertz CT molecular complexity index is 3460. The second-order valence-electron chi connectivity index (χ2n) is 18.3. The highest BCUT2D eigenvalue weighted by Crippen LogP contribution is 2.58. The first-order valence-corrected chi connectivity index (χ1v) is 23.1. The molecule has 0 heterocycles. The van der Waals surface area contributed by atoms with Crippen LogP contribution in [-0.4, -0.2) is 0 Å². The summed E-state index contributed by atoms with van der Waals surface area (Å²) in [5.41, 5.74) is 18.9. The highest BCUT2D eigenvalue weighted by molar-refractivity contribution is 6.21. The Balaban J connectivity index is 1.04. The minimum Gasteiger partial charge on any atom is -0.0627 e. The standard InChI is InChI=1S/C65H48/c1-43(2)42-65(60-31-17-23-47-22-9-10-24-53(47)60)61-30-16-15-25-54(61)55-37-36-49(41-62(55)65)64-58-28-13-11-26-56(58)63(57-27-12-14-29-59(57)64)48-34-32-46(33-35-48)52-39-50(44-18-5-3-6-19-44)38-51(40-52)45-20-7-4-8-21-45/h3-41,43H,42H2,1-2H3. The predicted molar refractivity (Wildman–Crippen MR) is 277 cm³/mol. The third kappa shape index (κ3) is 6.43. The summed E-state index contributed by atoms with van der Waals surface area (Å²) in [4.78, 5) is 0. The van der Waals surface area contributed by atoms with Crippen LogP contribution in [0.2, 0.25) is 0 Å². The van der Waals surface area contributed by atoms with Crippen molar-refractivity contribution in [3.05, 3.63) is 253 Å². The molecule has 308 valence electrons. The molecule has 0 spiro atoms. The quantitative estimate of drug-likeness (QED) is 0.134. The van der Waals surface area contributed by atoms with E-state index in [0.717, 1.165) is 6.42 Å². The Morgan fingerprint density at radius 3 is 1.29 bits per heavy atom. The van der Waals surface area contributed by atoms with Gasteiger partial charge in [0, 0.05) is 5.41 Å². The van der Waals surface area contributed by atoms with E-state index in [1.807, 2.05) is 0 Å². The lowest BCUT2D eigenvalue weighted by Crippen LogP contribution is -2.29. The van der Waals surface area contributed by atoms with Gasteiger partial charge < -0.3 is 0 Å². The fourth-order valence-corrected chi connectivity index (χ4v) is 11.3. The second-order valence-corrected chi connectivity index (χ2v) is 18.3. The maximum atomic E-state index is 2.56. The zero-order valence-corrected chi connectivity index (χ0v) is 36.8. The maximum absolute atomic E-state index is 2.56. The molecule has 0 fully saturated rings. The van der Waals surface area contributed by atoms with Gasteiger partial charge in [0.25, 0.3) is 0 Å². The van der Waals surface area contributed by atoms with Crippen LogP contribution < -0.4 is 0 Å². The molecule has 0 saturated carbocycles. The van der Waals surface area contributed by atoms with Gasteiger partial charge in [-0.3, -0.25) is 0 Å². The van der Waals surface area contributed by atoms with Gasteiger partial charge in [-0.05, 0) is 152 Å². The minimum atomic E-state index is -0.313. The molecule has 11 aromatic carbocycles. The Kier molecular flexibility index (Phi) is 9.42. The molecular formula is C65H48. The van der Waals surface area contributed by atoms with E-state index in [0.29, 0.717) is 5.92 Å². The monoisotopic (exact) mass is 828 g/mol. The van der Waals surface area contributed by atoms with E-state index in [4.69, 9.17) is 0 Å². The molecule has 0 aliphatic heterocycles. The van der Waals surface area contributed by atoms with E-state index >= 15 is 0 Å². The summed E-state index contributed by atoms with van der Waals surface area (Å²) in [6.45, 7) is 4.76. The van der Waals surface area contributed by atoms with Crippen LogP contribution in [0.1, 0.15) is 37.0 Å². The number of fused-ring (bicyclic) bond motifs is 6. The number of hydrogen-bond donors (Lipinski definition) is 0. The lowest BCUT2D eigenvalue weighted by molar-refractivity contribution is 0.463. The van der Waals surface area contributed by atoms with Crippen LogP contribution in [-0.2, 0) is 5.41 Å². The third-order valence-corrected chi connectivity index (χ3v) is 14.0. The number of hydrogen-bond acceptors (Lipinski definition) is 0. The molecule has 1 unspecified atom stereocenters. The van der Waals surface area contributed by atoms with Crippen molar-refractivity contribution in [3.8, 4) is 66.8 Å². The topological polar surface area (TPSA) is 0 Å². The Hall–Kier alpha value is -7.80. The molecule has 11 aromatic rings. The van der Waals surface area contributed by atoms with Gasteiger partial charge in [0.15, 0.2) is 0 Å². The van der Waals surface area contributed by atoms with Crippen molar-refractivity contribution in [2.24, 2.45) is 5.92 Å². The zero-order valence-electron chi connectivity index (χ0n) is 36.8. The molecule has 0 N–H and O–H groups in total. The molecule has 0 aromatic heterocycles. The van der Waals surface area contributed by atoms with E-state index in [-0.39, 0.29) is 5.41 Å². The van der Waals surface area contributed by atoms with Gasteiger partial charge in [0.1, 0.15) is 0 Å². The minimum absolute atomic E-state index is 0.313. The average molecular weight is 829 g/mol. The molecular weight excluding hydrogens is 781 g/mol. The molecule has 1 aliphatic carbocycles. The summed E-state index contributed by atoms with van der Waals surface area (Å²) in [5, 5.41) is 7.67. The second kappa shape index (κ2) is 15.8. The van der Waals surface area contributed by atoms with Crippen LogP contribution in [0.3, 0.4) is 0 Å². The number of rotatable bonds is 8. The summed E-state index contributed by atoms with van der Waals surface area (Å²) >= 11 is 0. The first-order valence-electron chi connectivity index (χ1n) is 23.1. The van der Waals surface area contributed by atoms with Crippen molar-refractivity contribution >= 4 is 32.3 Å². The van der Waals surface area contributed by atoms with Crippen molar-refractivity contribution in [1.29, 1.82) is 0 Å². The van der Waals surface area contributed by atoms with Crippen molar-refractivity contribution in [2.75, 3.05) is 0 Å². The Labute approximate surface area is 382 Å². The van der Waals surface area contributed by atoms with Crippen molar-refractivity contribution < 1.29 is 0 Å². The van der Waals surface area contributed by atoms with Crippen LogP contribution in [0.25, 0.3) is 99.1 Å².